The first-order valence-corrected chi connectivity index (χ1v) is 5.71. The molecule has 0 N–H and O–H groups in total. The number of ketones is 1. The second-order valence-corrected chi connectivity index (χ2v) is 5.39. The maximum absolute atomic E-state index is 10.7. The molecule has 0 aromatic carbocycles. The normalized spacial score (nSPS) is 30.3. The van der Waals surface area contributed by atoms with Gasteiger partial charge in [-0.25, -0.2) is 0 Å². The van der Waals surface area contributed by atoms with Crippen LogP contribution in [0.4, 0.5) is 0 Å². The Hall–Kier alpha value is -0.850. The van der Waals surface area contributed by atoms with Crippen molar-refractivity contribution in [3.63, 3.8) is 0 Å². The highest BCUT2D eigenvalue weighted by Crippen LogP contribution is 2.53. The summed E-state index contributed by atoms with van der Waals surface area (Å²) in [4.78, 5) is 10.7. The molecule has 0 aliphatic heterocycles. The molecule has 0 aromatic rings. The van der Waals surface area contributed by atoms with E-state index in [9.17, 15) is 4.79 Å². The molecule has 0 amide bonds. The van der Waals surface area contributed by atoms with Crippen molar-refractivity contribution in [1.29, 1.82) is 0 Å². The second kappa shape index (κ2) is 4.34. The van der Waals surface area contributed by atoms with Crippen molar-refractivity contribution in [3.8, 4) is 0 Å². The van der Waals surface area contributed by atoms with Crippen LogP contribution in [0.25, 0.3) is 0 Å². The lowest BCUT2D eigenvalue weighted by atomic mass is 9.53. The summed E-state index contributed by atoms with van der Waals surface area (Å²) in [6, 6.07) is 0. The highest BCUT2D eigenvalue weighted by Gasteiger charge is 2.45. The van der Waals surface area contributed by atoms with E-state index in [0.29, 0.717) is 11.3 Å². The third-order valence-electron chi connectivity index (χ3n) is 4.00. The predicted octanol–water partition coefficient (Wildman–Crippen LogP) is 3.76. The van der Waals surface area contributed by atoms with E-state index in [4.69, 9.17) is 0 Å². The van der Waals surface area contributed by atoms with Crippen LogP contribution in [0.5, 0.6) is 0 Å². The summed E-state index contributed by atoms with van der Waals surface area (Å²) in [5.74, 6) is 1.60. The van der Waals surface area contributed by atoms with Crippen LogP contribution >= 0.6 is 0 Å². The zero-order chi connectivity index (χ0) is 11.6. The number of hydrogen-bond donors (Lipinski definition) is 0. The molecule has 0 unspecified atom stereocenters. The summed E-state index contributed by atoms with van der Waals surface area (Å²) in [6.45, 7) is 10.7. The number of carbonyl (C=O) groups excluding carboxylic acids is 1. The third kappa shape index (κ3) is 2.58. The van der Waals surface area contributed by atoms with Crippen molar-refractivity contribution in [2.45, 2.75) is 41.0 Å². The van der Waals surface area contributed by atoms with Gasteiger partial charge in [-0.2, -0.15) is 0 Å². The Bertz CT molecular complexity index is 307. The van der Waals surface area contributed by atoms with Gasteiger partial charge in [-0.15, -0.1) is 0 Å². The summed E-state index contributed by atoms with van der Waals surface area (Å²) < 4.78 is 0. The molecule has 0 heterocycles. The van der Waals surface area contributed by atoms with Crippen molar-refractivity contribution in [2.75, 3.05) is 0 Å². The van der Waals surface area contributed by atoms with Crippen molar-refractivity contribution >= 4 is 5.78 Å². The summed E-state index contributed by atoms with van der Waals surface area (Å²) in [5.41, 5.74) is 1.82. The van der Waals surface area contributed by atoms with Crippen molar-refractivity contribution in [2.24, 2.45) is 17.3 Å². The standard InChI is InChI=1S/C14H22O/c1-10(7-6-8-12(3)15)13-9-11(2)14(13,4)5/h6-8,11,13H,9H2,1-5H3/b8-6+,10-7-/t11-,13-/m1/s1. The van der Waals surface area contributed by atoms with Crippen LogP contribution in [0.3, 0.4) is 0 Å². The Morgan fingerprint density at radius 3 is 2.33 bits per heavy atom. The first-order chi connectivity index (χ1) is 6.85. The Labute approximate surface area is 93.3 Å². The molecule has 1 aliphatic carbocycles. The molecule has 1 aliphatic rings. The number of allylic oxidation sites excluding steroid dienone is 4. The molecule has 0 bridgehead atoms. The lowest BCUT2D eigenvalue weighted by molar-refractivity contribution is -0.112. The molecule has 0 radical (unpaired) electrons. The molecule has 0 saturated heterocycles. The van der Waals surface area contributed by atoms with Crippen LogP contribution in [-0.4, -0.2) is 5.78 Å². The van der Waals surface area contributed by atoms with Gasteiger partial charge in [0.25, 0.3) is 0 Å². The summed E-state index contributed by atoms with van der Waals surface area (Å²) in [6.07, 6.45) is 6.86. The van der Waals surface area contributed by atoms with Gasteiger partial charge in [0.1, 0.15) is 0 Å². The fourth-order valence-electron chi connectivity index (χ4n) is 2.37. The van der Waals surface area contributed by atoms with Crippen LogP contribution in [0.15, 0.2) is 23.8 Å². The molecule has 15 heavy (non-hydrogen) atoms. The predicted molar refractivity (Wildman–Crippen MR) is 64.6 cm³/mol. The first kappa shape index (κ1) is 12.2. The number of hydrogen-bond acceptors (Lipinski definition) is 1. The average molecular weight is 206 g/mol. The maximum atomic E-state index is 10.7. The van der Waals surface area contributed by atoms with Crippen molar-refractivity contribution < 1.29 is 4.79 Å². The molecule has 84 valence electrons. The van der Waals surface area contributed by atoms with Crippen LogP contribution in [0.1, 0.15) is 41.0 Å². The van der Waals surface area contributed by atoms with Gasteiger partial charge in [-0.1, -0.05) is 38.5 Å². The van der Waals surface area contributed by atoms with E-state index in [2.05, 4.69) is 33.8 Å². The van der Waals surface area contributed by atoms with Gasteiger partial charge in [-0.3, -0.25) is 4.79 Å². The SMILES string of the molecule is CC(=O)/C=C/C=C(/C)[C@H]1C[C@@H](C)C1(C)C. The lowest BCUT2D eigenvalue weighted by Crippen LogP contribution is -2.43. The smallest absolute Gasteiger partial charge is 0.152 e. The highest BCUT2D eigenvalue weighted by molar-refractivity contribution is 5.87. The van der Waals surface area contributed by atoms with Crippen LogP contribution in [-0.2, 0) is 4.79 Å². The molecule has 2 atom stereocenters. The maximum Gasteiger partial charge on any atom is 0.152 e. The Morgan fingerprint density at radius 1 is 1.33 bits per heavy atom. The quantitative estimate of drug-likeness (QED) is 0.507. The largest absolute Gasteiger partial charge is 0.295 e. The van der Waals surface area contributed by atoms with Crippen molar-refractivity contribution in [1.82, 2.24) is 0 Å². The van der Waals surface area contributed by atoms with Gasteiger partial charge >= 0.3 is 0 Å². The first-order valence-electron chi connectivity index (χ1n) is 5.71. The van der Waals surface area contributed by atoms with Gasteiger partial charge in [0.05, 0.1) is 0 Å². The fraction of sp³-hybridized carbons (Fsp3) is 0.643. The minimum Gasteiger partial charge on any atom is -0.295 e. The van der Waals surface area contributed by atoms with E-state index in [1.54, 1.807) is 13.0 Å². The topological polar surface area (TPSA) is 17.1 Å². The van der Waals surface area contributed by atoms with Crippen LogP contribution in [0, 0.1) is 17.3 Å². The molecule has 0 aromatic heterocycles. The van der Waals surface area contributed by atoms with Crippen LogP contribution < -0.4 is 0 Å². The Balaban J connectivity index is 2.63. The molecular formula is C14H22O. The zero-order valence-corrected chi connectivity index (χ0v) is 10.5. The number of carbonyl (C=O) groups is 1. The van der Waals surface area contributed by atoms with Gasteiger partial charge in [0, 0.05) is 0 Å². The molecule has 1 fully saturated rings. The summed E-state index contributed by atoms with van der Waals surface area (Å²) in [5, 5.41) is 0. The van der Waals surface area contributed by atoms with E-state index in [1.807, 2.05) is 6.08 Å². The summed E-state index contributed by atoms with van der Waals surface area (Å²) >= 11 is 0. The lowest BCUT2D eigenvalue weighted by Gasteiger charge is -2.51. The second-order valence-electron chi connectivity index (χ2n) is 5.39. The van der Waals surface area contributed by atoms with Gasteiger partial charge < -0.3 is 0 Å². The zero-order valence-electron chi connectivity index (χ0n) is 10.5. The van der Waals surface area contributed by atoms with E-state index in [-0.39, 0.29) is 5.78 Å². The average Bonchev–Trinajstić information content (AvgIpc) is 2.13. The molecular weight excluding hydrogens is 184 g/mol. The third-order valence-corrected chi connectivity index (χ3v) is 4.00. The van der Waals surface area contributed by atoms with E-state index >= 15 is 0 Å². The highest BCUT2D eigenvalue weighted by atomic mass is 16.1. The van der Waals surface area contributed by atoms with E-state index in [1.165, 1.54) is 12.0 Å². The van der Waals surface area contributed by atoms with E-state index in [0.717, 1.165) is 5.92 Å². The van der Waals surface area contributed by atoms with Crippen LogP contribution in [0.2, 0.25) is 0 Å². The number of rotatable bonds is 3. The van der Waals surface area contributed by atoms with Gasteiger partial charge in [0.2, 0.25) is 0 Å². The Morgan fingerprint density at radius 2 is 1.93 bits per heavy atom. The van der Waals surface area contributed by atoms with Gasteiger partial charge in [-0.05, 0) is 43.6 Å². The molecule has 1 nitrogen and oxygen atoms in total. The fourth-order valence-corrected chi connectivity index (χ4v) is 2.37. The molecule has 1 saturated carbocycles. The van der Waals surface area contributed by atoms with Crippen molar-refractivity contribution in [3.05, 3.63) is 23.8 Å². The molecule has 1 heteroatoms. The molecule has 1 rings (SSSR count). The van der Waals surface area contributed by atoms with E-state index < -0.39 is 0 Å². The minimum absolute atomic E-state index is 0.111. The summed E-state index contributed by atoms with van der Waals surface area (Å²) in [7, 11) is 0. The molecule has 0 spiro atoms. The Kier molecular flexibility index (Phi) is 3.54. The minimum atomic E-state index is 0.111. The van der Waals surface area contributed by atoms with Gasteiger partial charge in [0.15, 0.2) is 5.78 Å². The monoisotopic (exact) mass is 206 g/mol.